The number of hydrogen-bond donors (Lipinski definition) is 1. The Morgan fingerprint density at radius 2 is 1.67 bits per heavy atom. The first-order valence-electron chi connectivity index (χ1n) is 4.46. The van der Waals surface area contributed by atoms with Crippen LogP contribution in [0.15, 0.2) is 23.1 Å². The van der Waals surface area contributed by atoms with Gasteiger partial charge in [0.25, 0.3) is 21.7 Å². The summed E-state index contributed by atoms with van der Waals surface area (Å²) < 4.78 is 59.7. The van der Waals surface area contributed by atoms with Gasteiger partial charge in [-0.1, -0.05) is 6.07 Å². The van der Waals surface area contributed by atoms with Crippen molar-refractivity contribution in [2.75, 3.05) is 0 Å². The van der Waals surface area contributed by atoms with E-state index in [2.05, 4.69) is 0 Å². The summed E-state index contributed by atoms with van der Waals surface area (Å²) in [5.41, 5.74) is -6.68. The molecule has 1 N–H and O–H groups in total. The summed E-state index contributed by atoms with van der Waals surface area (Å²) in [6, 6.07) is 2.68. The van der Waals surface area contributed by atoms with E-state index in [1.807, 2.05) is 0 Å². The summed E-state index contributed by atoms with van der Waals surface area (Å²) in [4.78, 5) is 21.3. The Labute approximate surface area is 98.5 Å². The average Bonchev–Trinajstić information content (AvgIpc) is 2.53. The lowest BCUT2D eigenvalue weighted by atomic mass is 10.1. The second-order valence-corrected chi connectivity index (χ2v) is 5.32. The standard InChI is InChI=1S/C9H4F3NO4S/c10-9(11,12)18(16,17)5-3-1-2-4-6(5)8(15)13-7(4)14/h1-3H,(H,13,14,15). The molecule has 1 aliphatic heterocycles. The number of amides is 2. The molecule has 1 aromatic rings. The quantitative estimate of drug-likeness (QED) is 0.773. The number of halogens is 3. The van der Waals surface area contributed by atoms with Crippen LogP contribution < -0.4 is 5.32 Å². The summed E-state index contributed by atoms with van der Waals surface area (Å²) in [7, 11) is -5.67. The van der Waals surface area contributed by atoms with Gasteiger partial charge in [-0.2, -0.15) is 13.2 Å². The Morgan fingerprint density at radius 3 is 2.22 bits per heavy atom. The van der Waals surface area contributed by atoms with E-state index in [4.69, 9.17) is 0 Å². The van der Waals surface area contributed by atoms with Crippen LogP contribution in [0.25, 0.3) is 0 Å². The van der Waals surface area contributed by atoms with Crippen LogP contribution in [-0.2, 0) is 9.84 Å². The Morgan fingerprint density at radius 1 is 1.06 bits per heavy atom. The van der Waals surface area contributed by atoms with Crippen molar-refractivity contribution in [1.29, 1.82) is 0 Å². The molecule has 0 saturated carbocycles. The van der Waals surface area contributed by atoms with Crippen LogP contribution >= 0.6 is 0 Å². The van der Waals surface area contributed by atoms with Crippen LogP contribution in [0.4, 0.5) is 13.2 Å². The minimum atomic E-state index is -5.67. The van der Waals surface area contributed by atoms with Crippen LogP contribution in [0.2, 0.25) is 0 Å². The van der Waals surface area contributed by atoms with Crippen LogP contribution in [0.3, 0.4) is 0 Å². The molecule has 0 saturated heterocycles. The second kappa shape index (κ2) is 3.55. The van der Waals surface area contributed by atoms with Crippen molar-refractivity contribution in [1.82, 2.24) is 5.32 Å². The molecule has 0 atom stereocenters. The van der Waals surface area contributed by atoms with Gasteiger partial charge in [0.2, 0.25) is 0 Å². The molecule has 0 fully saturated rings. The van der Waals surface area contributed by atoms with E-state index in [1.54, 1.807) is 5.32 Å². The molecule has 1 aliphatic rings. The first kappa shape index (κ1) is 12.6. The second-order valence-electron chi connectivity index (χ2n) is 3.41. The van der Waals surface area contributed by atoms with Crippen molar-refractivity contribution in [3.8, 4) is 0 Å². The number of sulfone groups is 1. The van der Waals surface area contributed by atoms with Crippen molar-refractivity contribution in [3.63, 3.8) is 0 Å². The number of nitrogens with one attached hydrogen (secondary N) is 1. The summed E-state index contributed by atoms with van der Waals surface area (Å²) >= 11 is 0. The molecule has 0 unspecified atom stereocenters. The van der Waals surface area contributed by atoms with Gasteiger partial charge in [0.05, 0.1) is 16.0 Å². The van der Waals surface area contributed by atoms with Crippen molar-refractivity contribution in [3.05, 3.63) is 29.3 Å². The van der Waals surface area contributed by atoms with Gasteiger partial charge in [0.15, 0.2) is 0 Å². The van der Waals surface area contributed by atoms with Gasteiger partial charge in [0, 0.05) is 0 Å². The Bertz CT molecular complexity index is 663. The highest BCUT2D eigenvalue weighted by molar-refractivity contribution is 7.92. The number of carbonyl (C=O) groups is 2. The van der Waals surface area contributed by atoms with Crippen LogP contribution in [0.5, 0.6) is 0 Å². The molecule has 2 amide bonds. The monoisotopic (exact) mass is 279 g/mol. The molecule has 0 radical (unpaired) electrons. The van der Waals surface area contributed by atoms with Gasteiger partial charge in [-0.3, -0.25) is 14.9 Å². The third-order valence-electron chi connectivity index (χ3n) is 2.32. The van der Waals surface area contributed by atoms with E-state index in [0.717, 1.165) is 12.1 Å². The Hall–Kier alpha value is -1.90. The SMILES string of the molecule is O=C1NC(=O)c2c1cccc2S(=O)(=O)C(F)(F)F. The van der Waals surface area contributed by atoms with Crippen LogP contribution in [0, 0.1) is 0 Å². The van der Waals surface area contributed by atoms with Crippen molar-refractivity contribution < 1.29 is 31.2 Å². The molecule has 0 bridgehead atoms. The van der Waals surface area contributed by atoms with Crippen LogP contribution in [0.1, 0.15) is 20.7 Å². The lowest BCUT2D eigenvalue weighted by Crippen LogP contribution is -2.26. The van der Waals surface area contributed by atoms with E-state index in [1.165, 1.54) is 0 Å². The molecule has 0 spiro atoms. The predicted octanol–water partition coefficient (Wildman–Crippen LogP) is 0.864. The largest absolute Gasteiger partial charge is 0.501 e. The third kappa shape index (κ3) is 1.58. The van der Waals surface area contributed by atoms with Gasteiger partial charge in [-0.25, -0.2) is 8.42 Å². The van der Waals surface area contributed by atoms with Crippen molar-refractivity contribution >= 4 is 21.7 Å². The fourth-order valence-electron chi connectivity index (χ4n) is 1.54. The summed E-state index contributed by atoms with van der Waals surface area (Å²) in [5, 5.41) is 1.74. The number of fused-ring (bicyclic) bond motifs is 1. The lowest BCUT2D eigenvalue weighted by Gasteiger charge is -2.10. The molecule has 5 nitrogen and oxygen atoms in total. The molecule has 9 heteroatoms. The van der Waals surface area contributed by atoms with Gasteiger partial charge in [0.1, 0.15) is 0 Å². The van der Waals surface area contributed by atoms with E-state index < -0.39 is 37.6 Å². The molecular weight excluding hydrogens is 275 g/mol. The fraction of sp³-hybridized carbons (Fsp3) is 0.111. The molecule has 0 aromatic heterocycles. The fourth-order valence-corrected chi connectivity index (χ4v) is 2.51. The summed E-state index contributed by atoms with van der Waals surface area (Å²) in [6.07, 6.45) is 0. The van der Waals surface area contributed by atoms with Crippen LogP contribution in [-0.4, -0.2) is 25.7 Å². The summed E-state index contributed by atoms with van der Waals surface area (Å²) in [5.74, 6) is -2.08. The van der Waals surface area contributed by atoms with E-state index in [9.17, 15) is 31.2 Å². The first-order chi connectivity index (χ1) is 8.16. The maximum Gasteiger partial charge on any atom is 0.501 e. The van der Waals surface area contributed by atoms with E-state index >= 15 is 0 Å². The molecular formula is C9H4F3NO4S. The van der Waals surface area contributed by atoms with E-state index in [-0.39, 0.29) is 5.56 Å². The van der Waals surface area contributed by atoms with Gasteiger partial charge >= 0.3 is 5.51 Å². The molecule has 1 heterocycles. The molecule has 1 aromatic carbocycles. The minimum Gasteiger partial charge on any atom is -0.288 e. The predicted molar refractivity (Wildman–Crippen MR) is 51.5 cm³/mol. The smallest absolute Gasteiger partial charge is 0.288 e. The van der Waals surface area contributed by atoms with Crippen molar-refractivity contribution in [2.45, 2.75) is 10.4 Å². The number of carbonyl (C=O) groups excluding carboxylic acids is 2. The molecule has 2 rings (SSSR count). The third-order valence-corrected chi connectivity index (χ3v) is 3.85. The van der Waals surface area contributed by atoms with Gasteiger partial charge in [-0.15, -0.1) is 0 Å². The normalized spacial score (nSPS) is 15.5. The molecule has 96 valence electrons. The lowest BCUT2D eigenvalue weighted by molar-refractivity contribution is -0.0436. The number of imide groups is 1. The number of benzene rings is 1. The van der Waals surface area contributed by atoms with Gasteiger partial charge < -0.3 is 0 Å². The number of rotatable bonds is 1. The molecule has 0 aliphatic carbocycles. The highest BCUT2D eigenvalue weighted by Crippen LogP contribution is 2.34. The maximum atomic E-state index is 12.4. The van der Waals surface area contributed by atoms with E-state index in [0.29, 0.717) is 6.07 Å². The maximum absolute atomic E-state index is 12.4. The minimum absolute atomic E-state index is 0.384. The zero-order chi connectivity index (χ0) is 13.7. The molecule has 18 heavy (non-hydrogen) atoms. The highest BCUT2D eigenvalue weighted by Gasteiger charge is 2.49. The van der Waals surface area contributed by atoms with Gasteiger partial charge in [-0.05, 0) is 12.1 Å². The highest BCUT2D eigenvalue weighted by atomic mass is 32.2. The zero-order valence-electron chi connectivity index (χ0n) is 8.41. The number of alkyl halides is 3. The first-order valence-corrected chi connectivity index (χ1v) is 5.94. The average molecular weight is 279 g/mol. The topological polar surface area (TPSA) is 80.3 Å². The van der Waals surface area contributed by atoms with Crippen molar-refractivity contribution in [2.24, 2.45) is 0 Å². The zero-order valence-corrected chi connectivity index (χ0v) is 9.22. The Balaban J connectivity index is 2.78. The summed E-state index contributed by atoms with van der Waals surface area (Å²) in [6.45, 7) is 0. The number of hydrogen-bond acceptors (Lipinski definition) is 4. The Kier molecular flexibility index (Phi) is 2.47.